The molecule has 2 aliphatic carbocycles. The van der Waals surface area contributed by atoms with Crippen molar-refractivity contribution in [3.8, 4) is 11.5 Å². The van der Waals surface area contributed by atoms with Gasteiger partial charge in [0.1, 0.15) is 0 Å². The molecule has 0 N–H and O–H groups in total. The number of benzene rings is 1. The third kappa shape index (κ3) is 2.82. The fourth-order valence-electron chi connectivity index (χ4n) is 4.86. The Balaban J connectivity index is 1.12. The molecular weight excluding hydrogens is 300 g/mol. The van der Waals surface area contributed by atoms with Crippen molar-refractivity contribution in [2.24, 2.45) is 17.8 Å². The van der Waals surface area contributed by atoms with Crippen LogP contribution in [0, 0.1) is 17.8 Å². The van der Waals surface area contributed by atoms with Gasteiger partial charge in [0.15, 0.2) is 11.5 Å². The van der Waals surface area contributed by atoms with Crippen LogP contribution in [0.4, 0.5) is 0 Å². The molecule has 1 aromatic carbocycles. The molecule has 2 fully saturated rings. The van der Waals surface area contributed by atoms with Crippen LogP contribution in [0.15, 0.2) is 30.4 Å². The molecule has 3 unspecified atom stereocenters. The lowest BCUT2D eigenvalue weighted by atomic mass is 9.93. The van der Waals surface area contributed by atoms with Gasteiger partial charge in [-0.1, -0.05) is 18.2 Å². The van der Waals surface area contributed by atoms with Gasteiger partial charge in [0, 0.05) is 39.3 Å². The molecular formula is C20H26N2O2. The summed E-state index contributed by atoms with van der Waals surface area (Å²) in [5.41, 5.74) is 1.32. The van der Waals surface area contributed by atoms with E-state index in [-0.39, 0.29) is 0 Å². The standard InChI is InChI=1S/C20H26N2O2/c1-3-17-9-15(1)10-18(17)13-22-7-5-21(6-8-22)12-16-2-4-19-20(11-16)24-14-23-19/h1-4,11,15,17-18H,5-10,12-14H2. The van der Waals surface area contributed by atoms with E-state index in [0.717, 1.165) is 35.8 Å². The summed E-state index contributed by atoms with van der Waals surface area (Å²) in [6.07, 6.45) is 7.78. The highest BCUT2D eigenvalue weighted by atomic mass is 16.7. The van der Waals surface area contributed by atoms with Gasteiger partial charge in [0.2, 0.25) is 6.79 Å². The molecule has 3 atom stereocenters. The van der Waals surface area contributed by atoms with Gasteiger partial charge in [-0.2, -0.15) is 0 Å². The highest BCUT2D eigenvalue weighted by Crippen LogP contribution is 2.43. The van der Waals surface area contributed by atoms with Crippen LogP contribution < -0.4 is 9.47 Å². The maximum Gasteiger partial charge on any atom is 0.231 e. The first-order valence-electron chi connectivity index (χ1n) is 9.35. The van der Waals surface area contributed by atoms with Crippen LogP contribution >= 0.6 is 0 Å². The van der Waals surface area contributed by atoms with Crippen LogP contribution in [-0.4, -0.2) is 49.3 Å². The van der Waals surface area contributed by atoms with Crippen LogP contribution in [0.25, 0.3) is 0 Å². The minimum Gasteiger partial charge on any atom is -0.454 e. The summed E-state index contributed by atoms with van der Waals surface area (Å²) in [4.78, 5) is 5.25. The van der Waals surface area contributed by atoms with E-state index in [4.69, 9.17) is 9.47 Å². The van der Waals surface area contributed by atoms with E-state index >= 15 is 0 Å². The number of rotatable bonds is 4. The van der Waals surface area contributed by atoms with Gasteiger partial charge >= 0.3 is 0 Å². The maximum absolute atomic E-state index is 5.49. The van der Waals surface area contributed by atoms with E-state index in [2.05, 4.69) is 34.1 Å². The van der Waals surface area contributed by atoms with Crippen molar-refractivity contribution in [1.29, 1.82) is 0 Å². The summed E-state index contributed by atoms with van der Waals surface area (Å²) >= 11 is 0. The summed E-state index contributed by atoms with van der Waals surface area (Å²) in [5, 5.41) is 0. The van der Waals surface area contributed by atoms with E-state index in [0.29, 0.717) is 6.79 Å². The topological polar surface area (TPSA) is 24.9 Å². The average molecular weight is 326 g/mol. The highest BCUT2D eigenvalue weighted by molar-refractivity contribution is 5.44. The molecule has 0 aromatic heterocycles. The Labute approximate surface area is 144 Å². The summed E-state index contributed by atoms with van der Waals surface area (Å²) in [5.74, 6) is 4.47. The Morgan fingerprint density at radius 1 is 0.917 bits per heavy atom. The van der Waals surface area contributed by atoms with Crippen molar-refractivity contribution in [1.82, 2.24) is 9.80 Å². The molecule has 0 spiro atoms. The van der Waals surface area contributed by atoms with Gasteiger partial charge in [-0.3, -0.25) is 4.90 Å². The minimum atomic E-state index is 0.357. The molecule has 4 heteroatoms. The van der Waals surface area contributed by atoms with Crippen molar-refractivity contribution in [2.45, 2.75) is 19.4 Å². The van der Waals surface area contributed by atoms with Crippen LogP contribution in [0.3, 0.4) is 0 Å². The predicted octanol–water partition coefficient (Wildman–Crippen LogP) is 2.75. The number of fused-ring (bicyclic) bond motifs is 3. The number of ether oxygens (including phenoxy) is 2. The van der Waals surface area contributed by atoms with Crippen LogP contribution in [0.5, 0.6) is 11.5 Å². The summed E-state index contributed by atoms with van der Waals surface area (Å²) in [7, 11) is 0. The third-order valence-corrected chi connectivity index (χ3v) is 6.22. The van der Waals surface area contributed by atoms with Crippen LogP contribution in [0.1, 0.15) is 18.4 Å². The van der Waals surface area contributed by atoms with Gasteiger partial charge in [-0.05, 0) is 48.3 Å². The lowest BCUT2D eigenvalue weighted by Crippen LogP contribution is -2.47. The monoisotopic (exact) mass is 326 g/mol. The number of allylic oxidation sites excluding steroid dienone is 2. The van der Waals surface area contributed by atoms with E-state index in [9.17, 15) is 0 Å². The number of hydrogen-bond acceptors (Lipinski definition) is 4. The molecule has 24 heavy (non-hydrogen) atoms. The van der Waals surface area contributed by atoms with Gasteiger partial charge in [-0.15, -0.1) is 0 Å². The number of nitrogens with zero attached hydrogens (tertiary/aromatic N) is 2. The van der Waals surface area contributed by atoms with E-state index in [1.165, 1.54) is 51.1 Å². The first kappa shape index (κ1) is 14.8. The molecule has 1 aromatic rings. The smallest absolute Gasteiger partial charge is 0.231 e. The Hall–Kier alpha value is -1.52. The van der Waals surface area contributed by atoms with Crippen LogP contribution in [-0.2, 0) is 6.54 Å². The Bertz CT molecular complexity index is 637. The van der Waals surface area contributed by atoms with Gasteiger partial charge in [0.25, 0.3) is 0 Å². The molecule has 0 radical (unpaired) electrons. The zero-order valence-electron chi connectivity index (χ0n) is 14.2. The minimum absolute atomic E-state index is 0.357. The zero-order chi connectivity index (χ0) is 15.9. The van der Waals surface area contributed by atoms with Crippen molar-refractivity contribution in [2.75, 3.05) is 39.5 Å². The van der Waals surface area contributed by atoms with E-state index in [1.54, 1.807) is 0 Å². The van der Waals surface area contributed by atoms with Crippen LogP contribution in [0.2, 0.25) is 0 Å². The Kier molecular flexibility index (Phi) is 3.75. The summed E-state index contributed by atoms with van der Waals surface area (Å²) < 4.78 is 10.9. The zero-order valence-corrected chi connectivity index (χ0v) is 14.2. The molecule has 128 valence electrons. The van der Waals surface area contributed by atoms with Gasteiger partial charge < -0.3 is 14.4 Å². The Morgan fingerprint density at radius 3 is 2.54 bits per heavy atom. The second-order valence-electron chi connectivity index (χ2n) is 7.80. The van der Waals surface area contributed by atoms with Crippen molar-refractivity contribution >= 4 is 0 Å². The second kappa shape index (κ2) is 6.08. The molecule has 1 saturated carbocycles. The molecule has 2 bridgehead atoms. The third-order valence-electron chi connectivity index (χ3n) is 6.22. The van der Waals surface area contributed by atoms with E-state index in [1.807, 2.05) is 6.07 Å². The first-order valence-corrected chi connectivity index (χ1v) is 9.35. The van der Waals surface area contributed by atoms with Crippen molar-refractivity contribution in [3.63, 3.8) is 0 Å². The van der Waals surface area contributed by atoms with E-state index < -0.39 is 0 Å². The highest BCUT2D eigenvalue weighted by Gasteiger charge is 2.36. The SMILES string of the molecule is C1=CC2CC1CC2CN1CCN(Cc2ccc3c(c2)OCO3)CC1. The van der Waals surface area contributed by atoms with Crippen molar-refractivity contribution in [3.05, 3.63) is 35.9 Å². The largest absolute Gasteiger partial charge is 0.454 e. The van der Waals surface area contributed by atoms with Gasteiger partial charge in [-0.25, -0.2) is 0 Å². The molecule has 5 rings (SSSR count). The fraction of sp³-hybridized carbons (Fsp3) is 0.600. The second-order valence-corrected chi connectivity index (χ2v) is 7.80. The average Bonchev–Trinajstić information content (AvgIpc) is 3.32. The molecule has 2 aliphatic heterocycles. The predicted molar refractivity (Wildman–Crippen MR) is 93.1 cm³/mol. The molecule has 4 nitrogen and oxygen atoms in total. The number of hydrogen-bond donors (Lipinski definition) is 0. The van der Waals surface area contributed by atoms with Gasteiger partial charge in [0.05, 0.1) is 0 Å². The number of piperazine rings is 1. The molecule has 0 amide bonds. The quantitative estimate of drug-likeness (QED) is 0.795. The van der Waals surface area contributed by atoms with Crippen molar-refractivity contribution < 1.29 is 9.47 Å². The molecule has 4 aliphatic rings. The molecule has 1 saturated heterocycles. The lowest BCUT2D eigenvalue weighted by molar-refractivity contribution is 0.108. The normalized spacial score (nSPS) is 31.9. The summed E-state index contributed by atoms with van der Waals surface area (Å²) in [6.45, 7) is 7.45. The molecule has 2 heterocycles. The summed E-state index contributed by atoms with van der Waals surface area (Å²) in [6, 6.07) is 6.34. The maximum atomic E-state index is 5.49. The first-order chi connectivity index (χ1) is 11.8. The lowest BCUT2D eigenvalue weighted by Gasteiger charge is -2.37. The fourth-order valence-corrected chi connectivity index (χ4v) is 4.86. The Morgan fingerprint density at radius 2 is 1.75 bits per heavy atom.